The van der Waals surface area contributed by atoms with E-state index in [1.807, 2.05) is 19.2 Å². The van der Waals surface area contributed by atoms with E-state index in [0.29, 0.717) is 16.6 Å². The van der Waals surface area contributed by atoms with Gasteiger partial charge in [-0.1, -0.05) is 11.3 Å². The van der Waals surface area contributed by atoms with Gasteiger partial charge in [-0.3, -0.25) is 4.79 Å². The van der Waals surface area contributed by atoms with Crippen LogP contribution < -0.4 is 16.4 Å². The molecule has 4 N–H and O–H groups in total. The Morgan fingerprint density at radius 1 is 1.53 bits per heavy atom. The van der Waals surface area contributed by atoms with Gasteiger partial charge in [0.25, 0.3) is 5.91 Å². The van der Waals surface area contributed by atoms with Gasteiger partial charge in [0.1, 0.15) is 15.7 Å². The van der Waals surface area contributed by atoms with Crippen LogP contribution in [0.1, 0.15) is 28.5 Å². The fraction of sp³-hybridized carbons (Fsp3) is 0.364. The van der Waals surface area contributed by atoms with Gasteiger partial charge in [0.15, 0.2) is 5.13 Å². The Balaban J connectivity index is 2.00. The zero-order chi connectivity index (χ0) is 13.8. The van der Waals surface area contributed by atoms with Gasteiger partial charge in [0.05, 0.1) is 6.54 Å². The van der Waals surface area contributed by atoms with Crippen molar-refractivity contribution in [2.24, 2.45) is 0 Å². The number of carbonyl (C=O) groups is 1. The number of nitrogens with zero attached hydrogens (tertiary/aromatic N) is 2. The molecule has 0 bridgehead atoms. The Morgan fingerprint density at radius 2 is 2.32 bits per heavy atom. The van der Waals surface area contributed by atoms with Crippen LogP contribution >= 0.6 is 22.7 Å². The van der Waals surface area contributed by atoms with Gasteiger partial charge >= 0.3 is 0 Å². The van der Waals surface area contributed by atoms with Crippen LogP contribution in [0.3, 0.4) is 0 Å². The SMILES string of the molecule is CC(C)Nc1nc(N)c(C(=O)NCc2nccs2)s1. The quantitative estimate of drug-likeness (QED) is 0.784. The lowest BCUT2D eigenvalue weighted by atomic mass is 10.4. The lowest BCUT2D eigenvalue weighted by molar-refractivity contribution is 0.0955. The summed E-state index contributed by atoms with van der Waals surface area (Å²) in [5.41, 5.74) is 5.75. The maximum atomic E-state index is 12.0. The van der Waals surface area contributed by atoms with Crippen molar-refractivity contribution in [3.05, 3.63) is 21.5 Å². The molecule has 0 saturated carbocycles. The van der Waals surface area contributed by atoms with Crippen LogP contribution in [-0.4, -0.2) is 21.9 Å². The van der Waals surface area contributed by atoms with Crippen molar-refractivity contribution in [1.29, 1.82) is 0 Å². The highest BCUT2D eigenvalue weighted by Gasteiger charge is 2.16. The van der Waals surface area contributed by atoms with E-state index in [-0.39, 0.29) is 17.8 Å². The predicted molar refractivity (Wildman–Crippen MR) is 78.6 cm³/mol. The van der Waals surface area contributed by atoms with Crippen LogP contribution in [0, 0.1) is 0 Å². The molecule has 0 spiro atoms. The highest BCUT2D eigenvalue weighted by Crippen LogP contribution is 2.25. The van der Waals surface area contributed by atoms with E-state index >= 15 is 0 Å². The molecule has 6 nitrogen and oxygen atoms in total. The van der Waals surface area contributed by atoms with E-state index in [1.54, 1.807) is 6.20 Å². The van der Waals surface area contributed by atoms with E-state index in [1.165, 1.54) is 22.7 Å². The molecule has 2 aromatic heterocycles. The fourth-order valence-corrected chi connectivity index (χ4v) is 2.88. The lowest BCUT2D eigenvalue weighted by Gasteiger charge is -2.04. The first-order valence-corrected chi connectivity index (χ1v) is 7.45. The molecule has 0 atom stereocenters. The number of anilines is 2. The second kappa shape index (κ2) is 5.98. The summed E-state index contributed by atoms with van der Waals surface area (Å²) in [6.07, 6.45) is 1.71. The largest absolute Gasteiger partial charge is 0.382 e. The summed E-state index contributed by atoms with van der Waals surface area (Å²) >= 11 is 2.75. The number of amides is 1. The third-order valence-electron chi connectivity index (χ3n) is 2.16. The minimum Gasteiger partial charge on any atom is -0.382 e. The number of hydrogen-bond donors (Lipinski definition) is 3. The van der Waals surface area contributed by atoms with Crippen LogP contribution in [0.25, 0.3) is 0 Å². The minimum atomic E-state index is -0.220. The Morgan fingerprint density at radius 3 is 2.95 bits per heavy atom. The van der Waals surface area contributed by atoms with Gasteiger partial charge in [-0.2, -0.15) is 0 Å². The van der Waals surface area contributed by atoms with E-state index in [0.717, 1.165) is 5.01 Å². The van der Waals surface area contributed by atoms with E-state index < -0.39 is 0 Å². The van der Waals surface area contributed by atoms with Crippen molar-refractivity contribution >= 4 is 39.5 Å². The first-order chi connectivity index (χ1) is 9.06. The van der Waals surface area contributed by atoms with Crippen molar-refractivity contribution < 1.29 is 4.79 Å². The molecule has 2 rings (SSSR count). The summed E-state index contributed by atoms with van der Waals surface area (Å²) in [5, 5.41) is 9.29. The first-order valence-electron chi connectivity index (χ1n) is 5.75. The molecule has 1 amide bonds. The molecule has 19 heavy (non-hydrogen) atoms. The third-order valence-corrected chi connectivity index (χ3v) is 3.94. The van der Waals surface area contributed by atoms with Crippen LogP contribution in [0.15, 0.2) is 11.6 Å². The monoisotopic (exact) mass is 297 g/mol. The zero-order valence-electron chi connectivity index (χ0n) is 10.6. The molecule has 0 aliphatic heterocycles. The lowest BCUT2D eigenvalue weighted by Crippen LogP contribution is -2.22. The molecule has 0 fully saturated rings. The van der Waals surface area contributed by atoms with E-state index in [4.69, 9.17) is 5.73 Å². The molecule has 0 aliphatic rings. The number of rotatable bonds is 5. The Labute approximate surface area is 119 Å². The number of nitrogens with one attached hydrogen (secondary N) is 2. The molecule has 102 valence electrons. The Kier molecular flexibility index (Phi) is 4.33. The molecule has 0 aromatic carbocycles. The number of thiazole rings is 2. The normalized spacial score (nSPS) is 10.7. The molecule has 0 radical (unpaired) electrons. The Bertz CT molecular complexity index is 549. The van der Waals surface area contributed by atoms with Crippen molar-refractivity contribution in [1.82, 2.24) is 15.3 Å². The smallest absolute Gasteiger partial charge is 0.265 e. The van der Waals surface area contributed by atoms with Crippen molar-refractivity contribution in [2.45, 2.75) is 26.4 Å². The standard InChI is InChI=1S/C11H15N5OS2/c1-6(2)15-11-16-9(12)8(19-11)10(17)14-5-7-13-3-4-18-7/h3-4,6H,5,12H2,1-2H3,(H,14,17)(H,15,16). The van der Waals surface area contributed by atoms with Gasteiger partial charge in [0.2, 0.25) is 0 Å². The van der Waals surface area contributed by atoms with Gasteiger partial charge in [0, 0.05) is 17.6 Å². The van der Waals surface area contributed by atoms with Crippen LogP contribution in [0.2, 0.25) is 0 Å². The summed E-state index contributed by atoms with van der Waals surface area (Å²) < 4.78 is 0. The highest BCUT2D eigenvalue weighted by atomic mass is 32.1. The van der Waals surface area contributed by atoms with E-state index in [9.17, 15) is 4.79 Å². The van der Waals surface area contributed by atoms with Crippen LogP contribution in [0.5, 0.6) is 0 Å². The maximum absolute atomic E-state index is 12.0. The fourth-order valence-electron chi connectivity index (χ4n) is 1.38. The number of hydrogen-bond acceptors (Lipinski definition) is 7. The van der Waals surface area contributed by atoms with Gasteiger partial charge in [-0.05, 0) is 13.8 Å². The number of carbonyl (C=O) groups excluding carboxylic acids is 1. The molecule has 2 heterocycles. The van der Waals surface area contributed by atoms with Crippen molar-refractivity contribution in [2.75, 3.05) is 11.1 Å². The van der Waals surface area contributed by atoms with Crippen LogP contribution in [-0.2, 0) is 6.54 Å². The number of nitrogen functional groups attached to an aromatic ring is 1. The predicted octanol–water partition coefficient (Wildman–Crippen LogP) is 1.93. The van der Waals surface area contributed by atoms with Gasteiger partial charge in [-0.25, -0.2) is 9.97 Å². The summed E-state index contributed by atoms with van der Waals surface area (Å²) in [6.45, 7) is 4.40. The zero-order valence-corrected chi connectivity index (χ0v) is 12.3. The average molecular weight is 297 g/mol. The Hall–Kier alpha value is -1.67. The highest BCUT2D eigenvalue weighted by molar-refractivity contribution is 7.18. The van der Waals surface area contributed by atoms with Gasteiger partial charge in [-0.15, -0.1) is 11.3 Å². The number of nitrogens with two attached hydrogens (primary N) is 1. The van der Waals surface area contributed by atoms with Crippen LogP contribution in [0.4, 0.5) is 10.9 Å². The topological polar surface area (TPSA) is 92.9 Å². The van der Waals surface area contributed by atoms with Crippen molar-refractivity contribution in [3.8, 4) is 0 Å². The summed E-state index contributed by atoms with van der Waals surface area (Å²) in [6, 6.07) is 0.247. The second-order valence-corrected chi connectivity index (χ2v) is 6.12. The molecule has 2 aromatic rings. The summed E-state index contributed by atoms with van der Waals surface area (Å²) in [4.78, 5) is 20.6. The second-order valence-electron chi connectivity index (χ2n) is 4.14. The molecule has 0 aliphatic carbocycles. The maximum Gasteiger partial charge on any atom is 0.265 e. The molecule has 0 saturated heterocycles. The molecular weight excluding hydrogens is 282 g/mol. The van der Waals surface area contributed by atoms with Gasteiger partial charge < -0.3 is 16.4 Å². The minimum absolute atomic E-state index is 0.220. The van der Waals surface area contributed by atoms with E-state index in [2.05, 4.69) is 20.6 Å². The number of aromatic nitrogens is 2. The summed E-state index contributed by atoms with van der Waals surface area (Å²) in [7, 11) is 0. The summed E-state index contributed by atoms with van der Waals surface area (Å²) in [5.74, 6) is 0.0341. The third kappa shape index (κ3) is 3.65. The van der Waals surface area contributed by atoms with Crippen molar-refractivity contribution in [3.63, 3.8) is 0 Å². The average Bonchev–Trinajstić information content (AvgIpc) is 2.95. The molecule has 0 unspecified atom stereocenters. The molecular formula is C11H15N5OS2. The molecule has 8 heteroatoms. The first kappa shape index (κ1) is 13.8.